The fraction of sp³-hybridized carbons (Fsp3) is 0.286. The lowest BCUT2D eigenvalue weighted by Crippen LogP contribution is -2.23. The van der Waals surface area contributed by atoms with Crippen molar-refractivity contribution < 1.29 is 9.13 Å². The van der Waals surface area contributed by atoms with Gasteiger partial charge in [-0.2, -0.15) is 11.3 Å². The second-order valence-electron chi connectivity index (χ2n) is 4.05. The summed E-state index contributed by atoms with van der Waals surface area (Å²) in [7, 11) is 0. The molecule has 1 N–H and O–H groups in total. The minimum Gasteiger partial charge on any atom is -0.491 e. The first-order chi connectivity index (χ1) is 9.25. The Hall–Kier alpha value is -1.10. The molecule has 19 heavy (non-hydrogen) atoms. The second-order valence-corrected chi connectivity index (χ2v) is 5.24. The molecule has 0 atom stereocenters. The van der Waals surface area contributed by atoms with E-state index < -0.39 is 0 Å². The molecule has 0 aliphatic heterocycles. The number of ether oxygens (including phenoxy) is 1. The number of hydrogen-bond acceptors (Lipinski definition) is 3. The van der Waals surface area contributed by atoms with Gasteiger partial charge in [0.1, 0.15) is 18.2 Å². The van der Waals surface area contributed by atoms with Gasteiger partial charge in [-0.1, -0.05) is 11.6 Å². The van der Waals surface area contributed by atoms with Crippen molar-refractivity contribution in [3.8, 4) is 5.75 Å². The van der Waals surface area contributed by atoms with Gasteiger partial charge in [0.2, 0.25) is 0 Å². The van der Waals surface area contributed by atoms with Crippen molar-refractivity contribution in [3.63, 3.8) is 0 Å². The van der Waals surface area contributed by atoms with Crippen LogP contribution in [0.5, 0.6) is 5.75 Å². The van der Waals surface area contributed by atoms with Crippen molar-refractivity contribution in [2.75, 3.05) is 19.7 Å². The van der Waals surface area contributed by atoms with Gasteiger partial charge in [0.25, 0.3) is 0 Å². The smallest absolute Gasteiger partial charge is 0.138 e. The van der Waals surface area contributed by atoms with Crippen molar-refractivity contribution in [1.29, 1.82) is 0 Å². The highest BCUT2D eigenvalue weighted by molar-refractivity contribution is 7.07. The topological polar surface area (TPSA) is 21.3 Å². The second kappa shape index (κ2) is 7.48. The highest BCUT2D eigenvalue weighted by atomic mass is 35.5. The van der Waals surface area contributed by atoms with Gasteiger partial charge in [0, 0.05) is 6.54 Å². The Morgan fingerprint density at radius 1 is 1.26 bits per heavy atom. The van der Waals surface area contributed by atoms with Gasteiger partial charge >= 0.3 is 0 Å². The molecule has 2 nitrogen and oxygen atoms in total. The van der Waals surface area contributed by atoms with Crippen molar-refractivity contribution in [2.24, 2.45) is 0 Å². The number of benzene rings is 1. The van der Waals surface area contributed by atoms with Crippen LogP contribution in [0.25, 0.3) is 0 Å². The molecule has 0 radical (unpaired) electrons. The highest BCUT2D eigenvalue weighted by Gasteiger charge is 2.02. The van der Waals surface area contributed by atoms with Crippen LogP contribution in [-0.2, 0) is 6.42 Å². The number of thiophene rings is 1. The minimum atomic E-state index is -0.355. The van der Waals surface area contributed by atoms with Crippen LogP contribution in [0.3, 0.4) is 0 Å². The van der Waals surface area contributed by atoms with Crippen LogP contribution in [0.1, 0.15) is 5.56 Å². The first-order valence-corrected chi connectivity index (χ1v) is 7.37. The lowest BCUT2D eigenvalue weighted by atomic mass is 10.2. The van der Waals surface area contributed by atoms with Crippen LogP contribution in [-0.4, -0.2) is 19.7 Å². The lowest BCUT2D eigenvalue weighted by Gasteiger charge is -2.08. The molecule has 1 aromatic heterocycles. The zero-order chi connectivity index (χ0) is 13.5. The molecule has 1 aromatic carbocycles. The van der Waals surface area contributed by atoms with Crippen LogP contribution in [0.15, 0.2) is 35.0 Å². The Balaban J connectivity index is 1.61. The van der Waals surface area contributed by atoms with E-state index in [1.165, 1.54) is 17.7 Å². The summed E-state index contributed by atoms with van der Waals surface area (Å²) in [6, 6.07) is 6.26. The third kappa shape index (κ3) is 4.82. The van der Waals surface area contributed by atoms with E-state index in [9.17, 15) is 4.39 Å². The zero-order valence-corrected chi connectivity index (χ0v) is 11.9. The van der Waals surface area contributed by atoms with Gasteiger partial charge in [-0.15, -0.1) is 0 Å². The summed E-state index contributed by atoms with van der Waals surface area (Å²) in [6.07, 6.45) is 1.01. The molecule has 0 unspecified atom stereocenters. The zero-order valence-electron chi connectivity index (χ0n) is 10.4. The summed E-state index contributed by atoms with van der Waals surface area (Å²) in [5, 5.41) is 7.82. The molecule has 0 fully saturated rings. The third-order valence-electron chi connectivity index (χ3n) is 2.60. The molecule has 0 amide bonds. The maximum Gasteiger partial charge on any atom is 0.138 e. The van der Waals surface area contributed by atoms with Gasteiger partial charge in [-0.05, 0) is 53.6 Å². The quantitative estimate of drug-likeness (QED) is 0.786. The monoisotopic (exact) mass is 299 g/mol. The fourth-order valence-corrected chi connectivity index (χ4v) is 2.54. The number of halogens is 2. The van der Waals surface area contributed by atoms with Gasteiger partial charge in [0.15, 0.2) is 0 Å². The lowest BCUT2D eigenvalue weighted by molar-refractivity contribution is 0.314. The molecule has 1 heterocycles. The molecule has 0 saturated carbocycles. The van der Waals surface area contributed by atoms with E-state index in [-0.39, 0.29) is 5.82 Å². The predicted octanol–water partition coefficient (Wildman–Crippen LogP) is 3.75. The van der Waals surface area contributed by atoms with E-state index in [4.69, 9.17) is 16.3 Å². The van der Waals surface area contributed by atoms with E-state index in [1.807, 2.05) is 0 Å². The average Bonchev–Trinajstić information content (AvgIpc) is 2.89. The summed E-state index contributed by atoms with van der Waals surface area (Å²) in [5.74, 6) is 0.161. The van der Waals surface area contributed by atoms with Crippen LogP contribution in [0.2, 0.25) is 5.02 Å². The van der Waals surface area contributed by atoms with Crippen molar-refractivity contribution in [3.05, 3.63) is 51.4 Å². The van der Waals surface area contributed by atoms with Crippen molar-refractivity contribution in [2.45, 2.75) is 6.42 Å². The highest BCUT2D eigenvalue weighted by Crippen LogP contribution is 2.24. The summed E-state index contributed by atoms with van der Waals surface area (Å²) < 4.78 is 18.3. The van der Waals surface area contributed by atoms with Crippen LogP contribution in [0, 0.1) is 5.82 Å². The predicted molar refractivity (Wildman–Crippen MR) is 77.8 cm³/mol. The maximum atomic E-state index is 12.8. The van der Waals surface area contributed by atoms with E-state index in [0.717, 1.165) is 19.5 Å². The molecule has 0 spiro atoms. The molecule has 0 aliphatic carbocycles. The SMILES string of the molecule is Fc1ccc(OCCNCCc2ccsc2)c(Cl)c1. The molecule has 2 rings (SSSR count). The number of hydrogen-bond donors (Lipinski definition) is 1. The van der Waals surface area contributed by atoms with Gasteiger partial charge in [0.05, 0.1) is 5.02 Å². The van der Waals surface area contributed by atoms with E-state index >= 15 is 0 Å². The Labute approximate surface area is 121 Å². The average molecular weight is 300 g/mol. The minimum absolute atomic E-state index is 0.304. The molecule has 102 valence electrons. The summed E-state index contributed by atoms with van der Waals surface area (Å²) in [5.41, 5.74) is 1.35. The summed E-state index contributed by atoms with van der Waals surface area (Å²) in [4.78, 5) is 0. The van der Waals surface area contributed by atoms with Crippen LogP contribution < -0.4 is 10.1 Å². The molecule has 0 aliphatic rings. The third-order valence-corrected chi connectivity index (χ3v) is 3.63. The first-order valence-electron chi connectivity index (χ1n) is 6.05. The van der Waals surface area contributed by atoms with E-state index in [0.29, 0.717) is 17.4 Å². The normalized spacial score (nSPS) is 10.6. The van der Waals surface area contributed by atoms with Crippen molar-refractivity contribution in [1.82, 2.24) is 5.32 Å². The van der Waals surface area contributed by atoms with Crippen LogP contribution >= 0.6 is 22.9 Å². The summed E-state index contributed by atoms with van der Waals surface area (Å²) in [6.45, 7) is 2.16. The maximum absolute atomic E-state index is 12.8. The molecular weight excluding hydrogens is 285 g/mol. The van der Waals surface area contributed by atoms with Crippen molar-refractivity contribution >= 4 is 22.9 Å². The fourth-order valence-electron chi connectivity index (χ4n) is 1.62. The Morgan fingerprint density at radius 3 is 2.89 bits per heavy atom. The molecular formula is C14H15ClFNOS. The molecule has 5 heteroatoms. The first kappa shape index (κ1) is 14.3. The number of nitrogens with one attached hydrogen (secondary N) is 1. The standard InChI is InChI=1S/C14H15ClFNOS/c15-13-9-12(16)1-2-14(13)18-7-6-17-5-3-11-4-8-19-10-11/h1-2,4,8-10,17H,3,5-7H2. The van der Waals surface area contributed by atoms with Gasteiger partial charge in [-0.25, -0.2) is 4.39 Å². The van der Waals surface area contributed by atoms with E-state index in [2.05, 4.69) is 22.1 Å². The molecule has 0 saturated heterocycles. The number of rotatable bonds is 7. The Bertz CT molecular complexity index is 504. The Kier molecular flexibility index (Phi) is 5.63. The van der Waals surface area contributed by atoms with E-state index in [1.54, 1.807) is 17.4 Å². The van der Waals surface area contributed by atoms with Gasteiger partial charge < -0.3 is 10.1 Å². The van der Waals surface area contributed by atoms with Crippen LogP contribution in [0.4, 0.5) is 4.39 Å². The summed E-state index contributed by atoms with van der Waals surface area (Å²) >= 11 is 7.56. The largest absolute Gasteiger partial charge is 0.491 e. The van der Waals surface area contributed by atoms with Gasteiger partial charge in [-0.3, -0.25) is 0 Å². The molecule has 2 aromatic rings. The Morgan fingerprint density at radius 2 is 2.16 bits per heavy atom. The molecule has 0 bridgehead atoms.